The number of thiophene rings is 1. The number of alkyl halides is 1. The maximum absolute atomic E-state index is 5.53. The molecule has 2 aromatic rings. The van der Waals surface area contributed by atoms with Gasteiger partial charge in [0.25, 0.3) is 0 Å². The van der Waals surface area contributed by atoms with Crippen molar-refractivity contribution in [1.29, 1.82) is 0 Å². The van der Waals surface area contributed by atoms with Crippen LogP contribution in [0.5, 0.6) is 5.75 Å². The lowest BCUT2D eigenvalue weighted by molar-refractivity contribution is 0.338. The Morgan fingerprint density at radius 2 is 1.89 bits per heavy atom. The van der Waals surface area contributed by atoms with Gasteiger partial charge in [0.1, 0.15) is 5.75 Å². The molecule has 6 heteroatoms. The van der Waals surface area contributed by atoms with Crippen LogP contribution < -0.4 is 4.74 Å². The van der Waals surface area contributed by atoms with Crippen molar-refractivity contribution in [1.82, 2.24) is 0 Å². The molecule has 2 rings (SSSR count). The molecule has 0 aliphatic carbocycles. The molecule has 1 heterocycles. The summed E-state index contributed by atoms with van der Waals surface area (Å²) in [5.74, 6) is 0.875. The number of rotatable bonds is 4. The van der Waals surface area contributed by atoms with Crippen molar-refractivity contribution in [2.45, 2.75) is 11.8 Å². The van der Waals surface area contributed by atoms with Crippen molar-refractivity contribution in [3.8, 4) is 5.75 Å². The van der Waals surface area contributed by atoms with Crippen LogP contribution in [-0.4, -0.2) is 6.61 Å². The highest BCUT2D eigenvalue weighted by molar-refractivity contribution is 9.13. The Bertz CT molecular complexity index is 563. The first kappa shape index (κ1) is 16.0. The third-order valence-electron chi connectivity index (χ3n) is 2.46. The van der Waals surface area contributed by atoms with Gasteiger partial charge in [-0.1, -0.05) is 22.0 Å². The molecule has 0 spiro atoms. The Hall–Kier alpha value is 0.640. The minimum absolute atomic E-state index is 0.173. The minimum Gasteiger partial charge on any atom is -0.493 e. The Kier molecular flexibility index (Phi) is 5.96. The summed E-state index contributed by atoms with van der Waals surface area (Å²) in [5, 5.41) is 0. The van der Waals surface area contributed by atoms with E-state index >= 15 is 0 Å². The van der Waals surface area contributed by atoms with Crippen molar-refractivity contribution >= 4 is 75.1 Å². The van der Waals surface area contributed by atoms with E-state index in [2.05, 4.69) is 81.9 Å². The molecule has 1 nitrogen and oxygen atoms in total. The van der Waals surface area contributed by atoms with Gasteiger partial charge in [-0.2, -0.15) is 0 Å². The van der Waals surface area contributed by atoms with E-state index in [0.29, 0.717) is 6.61 Å². The molecule has 0 fully saturated rings. The summed E-state index contributed by atoms with van der Waals surface area (Å²) in [6.07, 6.45) is 0. The fraction of sp³-hybridized carbons (Fsp3) is 0.231. The molecule has 0 radical (unpaired) electrons. The molecule has 0 saturated carbocycles. The summed E-state index contributed by atoms with van der Waals surface area (Å²) >= 11 is 16.1. The molecule has 0 bridgehead atoms. The summed E-state index contributed by atoms with van der Waals surface area (Å²) in [6.45, 7) is 2.65. The van der Waals surface area contributed by atoms with Gasteiger partial charge in [0.15, 0.2) is 0 Å². The van der Waals surface area contributed by atoms with Gasteiger partial charge in [-0.3, -0.25) is 0 Å². The van der Waals surface area contributed by atoms with Crippen LogP contribution in [0.15, 0.2) is 37.0 Å². The van der Waals surface area contributed by atoms with Gasteiger partial charge in [-0.15, -0.1) is 11.3 Å². The molecule has 1 aromatic heterocycles. The lowest BCUT2D eigenvalue weighted by atomic mass is 10.1. The zero-order chi connectivity index (χ0) is 14.0. The van der Waals surface area contributed by atoms with Crippen LogP contribution in [0.1, 0.15) is 22.2 Å². The topological polar surface area (TPSA) is 9.23 Å². The van der Waals surface area contributed by atoms with Gasteiger partial charge < -0.3 is 4.74 Å². The molecule has 1 atom stereocenters. The van der Waals surface area contributed by atoms with E-state index in [9.17, 15) is 0 Å². The number of benzene rings is 1. The predicted molar refractivity (Wildman–Crippen MR) is 95.8 cm³/mol. The third-order valence-corrected chi connectivity index (χ3v) is 7.73. The average molecular weight is 534 g/mol. The van der Waals surface area contributed by atoms with Gasteiger partial charge in [0.2, 0.25) is 0 Å². The lowest BCUT2D eigenvalue weighted by Gasteiger charge is -2.11. The van der Waals surface area contributed by atoms with E-state index in [1.54, 1.807) is 11.3 Å². The second kappa shape index (κ2) is 7.07. The number of hydrogen-bond donors (Lipinski definition) is 0. The predicted octanol–water partition coefficient (Wildman–Crippen LogP) is 6.92. The van der Waals surface area contributed by atoms with Crippen LogP contribution >= 0.6 is 75.1 Å². The van der Waals surface area contributed by atoms with E-state index in [4.69, 9.17) is 4.74 Å². The van der Waals surface area contributed by atoms with Gasteiger partial charge >= 0.3 is 0 Å². The van der Waals surface area contributed by atoms with E-state index < -0.39 is 0 Å². The molecular formula is C13H10Br4OS. The highest BCUT2D eigenvalue weighted by Gasteiger charge is 2.16. The van der Waals surface area contributed by atoms with Crippen LogP contribution in [0, 0.1) is 0 Å². The summed E-state index contributed by atoms with van der Waals surface area (Å²) < 4.78 is 8.70. The molecule has 1 aromatic carbocycles. The maximum Gasteiger partial charge on any atom is 0.133 e. The molecule has 1 unspecified atom stereocenters. The fourth-order valence-electron chi connectivity index (χ4n) is 1.60. The Morgan fingerprint density at radius 3 is 2.42 bits per heavy atom. The SMILES string of the molecule is CCOc1ccc(C(Br)c2cc(Br)c(Br)s2)cc1Br. The smallest absolute Gasteiger partial charge is 0.133 e. The van der Waals surface area contributed by atoms with E-state index in [1.807, 2.05) is 13.0 Å². The largest absolute Gasteiger partial charge is 0.493 e. The van der Waals surface area contributed by atoms with Crippen molar-refractivity contribution < 1.29 is 4.74 Å². The van der Waals surface area contributed by atoms with Crippen molar-refractivity contribution in [2.24, 2.45) is 0 Å². The fourth-order valence-corrected chi connectivity index (χ4v) is 4.90. The maximum atomic E-state index is 5.53. The minimum atomic E-state index is 0.173. The van der Waals surface area contributed by atoms with Crippen molar-refractivity contribution in [3.63, 3.8) is 0 Å². The van der Waals surface area contributed by atoms with E-state index in [0.717, 1.165) is 18.5 Å². The average Bonchev–Trinajstić information content (AvgIpc) is 2.71. The molecule has 0 aliphatic heterocycles. The molecule has 19 heavy (non-hydrogen) atoms. The monoisotopic (exact) mass is 530 g/mol. The van der Waals surface area contributed by atoms with Crippen LogP contribution in [0.3, 0.4) is 0 Å². The zero-order valence-electron chi connectivity index (χ0n) is 9.92. The standard InChI is InChI=1S/C13H10Br4OS/c1-2-18-10-4-3-7(5-8(10)14)12(16)11-6-9(15)13(17)19-11/h3-6,12H,2H2,1H3. The summed E-state index contributed by atoms with van der Waals surface area (Å²) in [7, 11) is 0. The summed E-state index contributed by atoms with van der Waals surface area (Å²) in [6, 6.07) is 8.29. The number of ether oxygens (including phenoxy) is 1. The van der Waals surface area contributed by atoms with Crippen LogP contribution in [0.2, 0.25) is 0 Å². The molecule has 0 saturated heterocycles. The van der Waals surface area contributed by atoms with E-state index in [-0.39, 0.29) is 4.83 Å². The third kappa shape index (κ3) is 3.84. The summed E-state index contributed by atoms with van der Waals surface area (Å²) in [4.78, 5) is 1.42. The van der Waals surface area contributed by atoms with Gasteiger partial charge in [-0.05, 0) is 78.5 Å². The Balaban J connectivity index is 2.28. The van der Waals surface area contributed by atoms with Crippen molar-refractivity contribution in [2.75, 3.05) is 6.61 Å². The number of halogens is 4. The molecule has 0 aliphatic rings. The Morgan fingerprint density at radius 1 is 1.16 bits per heavy atom. The lowest BCUT2D eigenvalue weighted by Crippen LogP contribution is -1.95. The second-order valence-electron chi connectivity index (χ2n) is 3.76. The van der Waals surface area contributed by atoms with Crippen LogP contribution in [0.4, 0.5) is 0 Å². The highest BCUT2D eigenvalue weighted by atomic mass is 79.9. The molecule has 102 valence electrons. The molecule has 0 amide bonds. The quantitative estimate of drug-likeness (QED) is 0.388. The van der Waals surface area contributed by atoms with Gasteiger partial charge in [-0.25, -0.2) is 0 Å². The molecule has 0 N–H and O–H groups in total. The highest BCUT2D eigenvalue weighted by Crippen LogP contribution is 2.42. The second-order valence-corrected chi connectivity index (χ2v) is 8.78. The Labute approximate surface area is 150 Å². The van der Waals surface area contributed by atoms with Crippen LogP contribution in [0.25, 0.3) is 0 Å². The first-order valence-corrected chi connectivity index (χ1v) is 9.65. The number of hydrogen-bond acceptors (Lipinski definition) is 2. The normalized spacial score (nSPS) is 12.5. The van der Waals surface area contributed by atoms with Crippen LogP contribution in [-0.2, 0) is 0 Å². The van der Waals surface area contributed by atoms with Crippen molar-refractivity contribution in [3.05, 3.63) is 47.4 Å². The van der Waals surface area contributed by atoms with Gasteiger partial charge in [0.05, 0.1) is 19.7 Å². The first-order valence-electron chi connectivity index (χ1n) is 5.54. The zero-order valence-corrected chi connectivity index (χ0v) is 17.1. The van der Waals surface area contributed by atoms with E-state index in [1.165, 1.54) is 10.4 Å². The van der Waals surface area contributed by atoms with Gasteiger partial charge in [0, 0.05) is 9.35 Å². The first-order chi connectivity index (χ1) is 9.02. The molecular weight excluding hydrogens is 524 g/mol. The summed E-state index contributed by atoms with van der Waals surface area (Å²) in [5.41, 5.74) is 1.19.